The van der Waals surface area contributed by atoms with E-state index in [2.05, 4.69) is 0 Å². The molecular formula is C31H27O5P. The Hall–Kier alpha value is -4.08. The second-order valence-electron chi connectivity index (χ2n) is 8.63. The zero-order valence-corrected chi connectivity index (χ0v) is 21.7. The molecule has 5 nitrogen and oxygen atoms in total. The number of hydrogen-bond donors (Lipinski definition) is 1. The van der Waals surface area contributed by atoms with Crippen LogP contribution < -0.4 is 9.26 Å². The molecule has 0 aliphatic carbocycles. The topological polar surface area (TPSA) is 65.0 Å². The largest absolute Gasteiger partial charge is 0.507 e. The number of rotatable bonds is 8. The molecular weight excluding hydrogens is 483 g/mol. The molecule has 0 saturated heterocycles. The Morgan fingerprint density at radius 1 is 0.838 bits per heavy atom. The number of para-hydroxylation sites is 1. The normalized spacial score (nSPS) is 11.3. The summed E-state index contributed by atoms with van der Waals surface area (Å²) < 4.78 is 17.4. The van der Waals surface area contributed by atoms with Crippen molar-refractivity contribution in [3.05, 3.63) is 102 Å². The zero-order chi connectivity index (χ0) is 25.8. The number of aromatic hydroxyl groups is 1. The maximum Gasteiger partial charge on any atom is 0.341 e. The van der Waals surface area contributed by atoms with Gasteiger partial charge >= 0.3 is 5.97 Å². The molecule has 1 atom stereocenters. The number of fused-ring (bicyclic) bond motifs is 2. The summed E-state index contributed by atoms with van der Waals surface area (Å²) in [6.45, 7) is 2.34. The molecule has 0 aliphatic rings. The number of phenolic OH excluding ortho intramolecular Hbond substituents is 1. The highest BCUT2D eigenvalue weighted by atomic mass is 31.1. The summed E-state index contributed by atoms with van der Waals surface area (Å²) >= 11 is 0. The van der Waals surface area contributed by atoms with Crippen LogP contribution in [-0.2, 0) is 4.74 Å². The molecule has 5 aromatic carbocycles. The molecule has 0 saturated carbocycles. The van der Waals surface area contributed by atoms with Crippen molar-refractivity contribution >= 4 is 36.3 Å². The fraction of sp³-hybridized carbons (Fsp3) is 0.129. The van der Waals surface area contributed by atoms with Gasteiger partial charge in [-0.1, -0.05) is 72.8 Å². The average molecular weight is 511 g/mol. The predicted octanol–water partition coefficient (Wildman–Crippen LogP) is 7.51. The van der Waals surface area contributed by atoms with Crippen molar-refractivity contribution in [3.63, 3.8) is 0 Å². The van der Waals surface area contributed by atoms with Gasteiger partial charge in [0.05, 0.1) is 22.5 Å². The van der Waals surface area contributed by atoms with E-state index in [4.69, 9.17) is 14.0 Å². The molecule has 0 spiro atoms. The van der Waals surface area contributed by atoms with Gasteiger partial charge in [-0.05, 0) is 52.2 Å². The van der Waals surface area contributed by atoms with Crippen molar-refractivity contribution in [2.24, 2.45) is 0 Å². The quantitative estimate of drug-likeness (QED) is 0.133. The van der Waals surface area contributed by atoms with Crippen LogP contribution in [0.3, 0.4) is 0 Å². The number of aryl methyl sites for hydroxylation is 1. The van der Waals surface area contributed by atoms with Gasteiger partial charge in [-0.2, -0.15) is 0 Å². The van der Waals surface area contributed by atoms with Crippen LogP contribution in [0.2, 0.25) is 0 Å². The van der Waals surface area contributed by atoms with Crippen LogP contribution in [-0.4, -0.2) is 31.0 Å². The molecule has 0 fully saturated rings. The minimum absolute atomic E-state index is 0.112. The summed E-state index contributed by atoms with van der Waals surface area (Å²) in [5.41, 5.74) is 2.67. The van der Waals surface area contributed by atoms with Crippen LogP contribution in [0.25, 0.3) is 32.7 Å². The number of methoxy groups -OCH3 is 1. The molecule has 186 valence electrons. The highest BCUT2D eigenvalue weighted by molar-refractivity contribution is 7.32. The van der Waals surface area contributed by atoms with Gasteiger partial charge in [0, 0.05) is 17.3 Å². The van der Waals surface area contributed by atoms with E-state index in [-0.39, 0.29) is 14.6 Å². The van der Waals surface area contributed by atoms with Crippen molar-refractivity contribution in [2.75, 3.05) is 19.9 Å². The molecule has 0 heterocycles. The summed E-state index contributed by atoms with van der Waals surface area (Å²) in [6, 6.07) is 28.8. The standard InChI is InChI=1S/C31H27O5P/c1-20-9-3-8-14-27(20)36-37-18-17-35-30-25(31(33)34-2)19-22-11-5-7-13-24(22)29(30)28-23-12-6-4-10-21(23)15-16-26(28)32/h3-16,19,32,37H,17-18H2,1-2H3. The van der Waals surface area contributed by atoms with E-state index in [1.807, 2.05) is 85.8 Å². The van der Waals surface area contributed by atoms with Crippen molar-refractivity contribution in [1.29, 1.82) is 0 Å². The summed E-state index contributed by atoms with van der Waals surface area (Å²) in [7, 11) is 1.54. The molecule has 1 unspecified atom stereocenters. The third-order valence-corrected chi connectivity index (χ3v) is 7.06. The summed E-state index contributed by atoms with van der Waals surface area (Å²) in [6.07, 6.45) is 0.628. The Bertz CT molecular complexity index is 1590. The average Bonchev–Trinajstić information content (AvgIpc) is 2.93. The highest BCUT2D eigenvalue weighted by Crippen LogP contribution is 2.47. The summed E-state index contributed by atoms with van der Waals surface area (Å²) in [5.74, 6) is 0.849. The van der Waals surface area contributed by atoms with Gasteiger partial charge in [-0.3, -0.25) is 0 Å². The minimum Gasteiger partial charge on any atom is -0.507 e. The molecule has 0 amide bonds. The van der Waals surface area contributed by atoms with Gasteiger partial charge in [0.2, 0.25) is 0 Å². The molecule has 5 rings (SSSR count). The van der Waals surface area contributed by atoms with Crippen molar-refractivity contribution in [1.82, 2.24) is 0 Å². The smallest absolute Gasteiger partial charge is 0.341 e. The molecule has 37 heavy (non-hydrogen) atoms. The number of esters is 1. The van der Waals surface area contributed by atoms with Crippen LogP contribution in [0.1, 0.15) is 15.9 Å². The minimum atomic E-state index is -0.500. The first-order chi connectivity index (χ1) is 18.1. The lowest BCUT2D eigenvalue weighted by molar-refractivity contribution is 0.0596. The van der Waals surface area contributed by atoms with Gasteiger partial charge in [0.25, 0.3) is 0 Å². The molecule has 0 bridgehead atoms. The summed E-state index contributed by atoms with van der Waals surface area (Å²) in [4.78, 5) is 12.9. The number of ether oxygens (including phenoxy) is 2. The van der Waals surface area contributed by atoms with Crippen LogP contribution in [0.5, 0.6) is 17.2 Å². The van der Waals surface area contributed by atoms with Gasteiger partial charge in [0.1, 0.15) is 22.8 Å². The fourth-order valence-electron chi connectivity index (χ4n) is 4.51. The van der Waals surface area contributed by atoms with E-state index in [1.54, 1.807) is 12.1 Å². The number of benzene rings is 5. The molecule has 1 N–H and O–H groups in total. The van der Waals surface area contributed by atoms with E-state index < -0.39 is 5.97 Å². The summed E-state index contributed by atoms with van der Waals surface area (Å²) in [5, 5.41) is 14.7. The second-order valence-corrected chi connectivity index (χ2v) is 9.62. The SMILES string of the molecule is COC(=O)c1cc2ccccc2c(-c2c(O)ccc3ccccc23)c1OCCPOc1ccccc1C. The third kappa shape index (κ3) is 4.96. The third-order valence-electron chi connectivity index (χ3n) is 6.29. The monoisotopic (exact) mass is 510 g/mol. The zero-order valence-electron chi connectivity index (χ0n) is 20.7. The number of hydrogen-bond acceptors (Lipinski definition) is 5. The highest BCUT2D eigenvalue weighted by Gasteiger charge is 2.24. The van der Waals surface area contributed by atoms with Crippen molar-refractivity contribution in [3.8, 4) is 28.4 Å². The molecule has 5 aromatic rings. The lowest BCUT2D eigenvalue weighted by Crippen LogP contribution is -2.10. The Labute approximate surface area is 217 Å². The molecule has 6 heteroatoms. The predicted molar refractivity (Wildman–Crippen MR) is 150 cm³/mol. The van der Waals surface area contributed by atoms with Crippen LogP contribution in [0, 0.1) is 6.92 Å². The van der Waals surface area contributed by atoms with Crippen LogP contribution >= 0.6 is 8.81 Å². The first kappa shape index (κ1) is 24.6. The Morgan fingerprint density at radius 2 is 1.51 bits per heavy atom. The Balaban J connectivity index is 1.59. The lowest BCUT2D eigenvalue weighted by Gasteiger charge is -2.20. The van der Waals surface area contributed by atoms with Crippen LogP contribution in [0.4, 0.5) is 0 Å². The van der Waals surface area contributed by atoms with Gasteiger partial charge in [-0.15, -0.1) is 0 Å². The van der Waals surface area contributed by atoms with Gasteiger partial charge in [-0.25, -0.2) is 4.79 Å². The molecule has 0 aliphatic heterocycles. The maximum absolute atomic E-state index is 12.9. The van der Waals surface area contributed by atoms with Gasteiger partial charge < -0.3 is 19.1 Å². The van der Waals surface area contributed by atoms with Crippen molar-refractivity contribution < 1.29 is 23.9 Å². The molecule has 0 radical (unpaired) electrons. The number of phenols is 1. The van der Waals surface area contributed by atoms with E-state index in [0.717, 1.165) is 32.9 Å². The van der Waals surface area contributed by atoms with E-state index in [1.165, 1.54) is 7.11 Å². The van der Waals surface area contributed by atoms with Crippen LogP contribution in [0.15, 0.2) is 91.0 Å². The number of carbonyl (C=O) groups excluding carboxylic acids is 1. The van der Waals surface area contributed by atoms with Crippen molar-refractivity contribution in [2.45, 2.75) is 6.92 Å². The van der Waals surface area contributed by atoms with E-state index in [9.17, 15) is 9.90 Å². The second kappa shape index (κ2) is 10.9. The first-order valence-electron chi connectivity index (χ1n) is 12.0. The Kier molecular flexibility index (Phi) is 7.25. The Morgan fingerprint density at radius 3 is 2.27 bits per heavy atom. The molecule has 0 aromatic heterocycles. The lowest BCUT2D eigenvalue weighted by atomic mass is 9.90. The first-order valence-corrected chi connectivity index (χ1v) is 13.1. The van der Waals surface area contributed by atoms with E-state index >= 15 is 0 Å². The van der Waals surface area contributed by atoms with Gasteiger partial charge in [0.15, 0.2) is 0 Å². The van der Waals surface area contributed by atoms with E-state index in [0.29, 0.717) is 35.2 Å². The fourth-order valence-corrected chi connectivity index (χ4v) is 5.18. The maximum atomic E-state index is 12.9. The number of carbonyl (C=O) groups is 1.